The van der Waals surface area contributed by atoms with E-state index in [1.165, 1.54) is 12.8 Å². The van der Waals surface area contributed by atoms with Crippen LogP contribution in [0.15, 0.2) is 0 Å². The maximum atomic E-state index is 12.0. The second-order valence-corrected chi connectivity index (χ2v) is 14.0. The van der Waals surface area contributed by atoms with Crippen LogP contribution in [0.25, 0.3) is 0 Å². The fraction of sp³-hybridized carbons (Fsp3) is 0.889. The lowest BCUT2D eigenvalue weighted by Gasteiger charge is -2.37. The van der Waals surface area contributed by atoms with Crippen LogP contribution in [-0.4, -0.2) is 22.6 Å². The van der Waals surface area contributed by atoms with Crippen molar-refractivity contribution >= 4 is 39.0 Å². The quantitative estimate of drug-likeness (QED) is 0.710. The van der Waals surface area contributed by atoms with Crippen molar-refractivity contribution in [2.45, 2.75) is 44.4 Å². The average Bonchev–Trinajstić information content (AvgIpc) is 2.55. The Hall–Kier alpha value is 1.19. The zero-order valence-electron chi connectivity index (χ0n) is 9.02. The number of hydrogen-bond donors (Lipinski definition) is 0. The first-order valence-electron chi connectivity index (χ1n) is 5.46. The summed E-state index contributed by atoms with van der Waals surface area (Å²) < 4.78 is 0. The van der Waals surface area contributed by atoms with Crippen molar-refractivity contribution in [1.29, 1.82) is 0 Å². The molecule has 0 aromatic carbocycles. The van der Waals surface area contributed by atoms with Crippen LogP contribution in [0.3, 0.4) is 0 Å². The average molecular weight is 281 g/mol. The monoisotopic (exact) mass is 281 g/mol. The molecule has 2 aliphatic rings. The summed E-state index contributed by atoms with van der Waals surface area (Å²) in [4.78, 5) is 14.2. The van der Waals surface area contributed by atoms with Gasteiger partial charge in [-0.3, -0.25) is 4.79 Å². The smallest absolute Gasteiger partial charge is 0.223 e. The minimum absolute atomic E-state index is 0.0765. The zero-order valence-corrected chi connectivity index (χ0v) is 13.2. The summed E-state index contributed by atoms with van der Waals surface area (Å²) in [6, 6.07) is 0.568. The van der Waals surface area contributed by atoms with Gasteiger partial charge < -0.3 is 4.90 Å². The highest BCUT2D eigenvalue weighted by Crippen LogP contribution is 2.72. The predicted molar refractivity (Wildman–Crippen MR) is 76.7 cm³/mol. The van der Waals surface area contributed by atoms with Gasteiger partial charge in [0.25, 0.3) is 0 Å². The second kappa shape index (κ2) is 5.23. The molecule has 0 aliphatic carbocycles. The number of piperidine rings is 1. The third-order valence-electron chi connectivity index (χ3n) is 3.48. The molecule has 2 fully saturated rings. The Bertz CT molecular complexity index is 262. The lowest BCUT2D eigenvalue weighted by molar-refractivity contribution is -0.135. The van der Waals surface area contributed by atoms with Crippen molar-refractivity contribution in [3.05, 3.63) is 0 Å². The predicted octanol–water partition coefficient (Wildman–Crippen LogP) is 3.39. The van der Waals surface area contributed by atoms with Crippen LogP contribution in [0.1, 0.15) is 32.6 Å². The molecule has 15 heavy (non-hydrogen) atoms. The van der Waals surface area contributed by atoms with Gasteiger partial charge >= 0.3 is 0 Å². The summed E-state index contributed by atoms with van der Waals surface area (Å²) in [6.07, 6.45) is 4.37. The Morgan fingerprint density at radius 1 is 1.60 bits per heavy atom. The second-order valence-electron chi connectivity index (χ2n) is 4.51. The lowest BCUT2D eigenvalue weighted by atomic mass is 10.0. The Morgan fingerprint density at radius 3 is 3.00 bits per heavy atom. The third kappa shape index (κ3) is 2.40. The number of nitrogens with zero attached hydrogens (tertiary/aromatic N) is 1. The maximum Gasteiger partial charge on any atom is 0.223 e. The molecule has 0 N–H and O–H groups in total. The molecule has 0 aromatic rings. The van der Waals surface area contributed by atoms with E-state index in [4.69, 9.17) is 0 Å². The molecule has 0 saturated carbocycles. The molecule has 2 rings (SSSR count). The summed E-state index contributed by atoms with van der Waals surface area (Å²) in [5, 5.41) is 0. The first-order chi connectivity index (χ1) is 7.15. The summed E-state index contributed by atoms with van der Waals surface area (Å²) in [6.45, 7) is 2.32. The summed E-state index contributed by atoms with van der Waals surface area (Å²) in [5.41, 5.74) is 0. The van der Waals surface area contributed by atoms with E-state index in [2.05, 4.69) is 29.7 Å². The van der Waals surface area contributed by atoms with Crippen LogP contribution in [0.4, 0.5) is 0 Å². The number of fused-ring (bicyclic) bond motifs is 1. The molecule has 6 heteroatoms. The van der Waals surface area contributed by atoms with Crippen LogP contribution in [0, 0.1) is 5.92 Å². The van der Waals surface area contributed by atoms with E-state index in [0.29, 0.717) is 23.6 Å². The standard InChI is InChI=1S/C9H19NOP4/c1-6-5-7-3-2-4-8(11)10(7)9(6)15(13)14-12/h6-7,9,14H,2-5,12-13H2,1H3/t6-,7?,9-,15?/m0/s1. The largest absolute Gasteiger partial charge is 0.332 e. The minimum atomic E-state index is -0.0765. The molecular formula is C9H19NOP4. The number of rotatable bonds is 2. The normalized spacial score (nSPS) is 38.7. The number of hydrogen-bond acceptors (Lipinski definition) is 1. The van der Waals surface area contributed by atoms with E-state index in [1.807, 2.05) is 0 Å². The molecule has 1 amide bonds. The van der Waals surface area contributed by atoms with Crippen LogP contribution >= 0.6 is 33.1 Å². The molecule has 2 nitrogen and oxygen atoms in total. The van der Waals surface area contributed by atoms with Gasteiger partial charge in [0, 0.05) is 12.5 Å². The van der Waals surface area contributed by atoms with Gasteiger partial charge in [-0.1, -0.05) is 14.9 Å². The van der Waals surface area contributed by atoms with Crippen molar-refractivity contribution < 1.29 is 4.79 Å². The number of amides is 1. The first-order valence-corrected chi connectivity index (χ1v) is 12.1. The Balaban J connectivity index is 2.18. The molecule has 5 unspecified atom stereocenters. The van der Waals surface area contributed by atoms with Gasteiger partial charge in [0.15, 0.2) is 0 Å². The van der Waals surface area contributed by atoms with Crippen molar-refractivity contribution in [2.75, 3.05) is 0 Å². The van der Waals surface area contributed by atoms with E-state index in [1.54, 1.807) is 0 Å². The Morgan fingerprint density at radius 2 is 2.33 bits per heavy atom. The summed E-state index contributed by atoms with van der Waals surface area (Å²) in [5.74, 6) is 1.66. The Kier molecular flexibility index (Phi) is 4.41. The highest BCUT2D eigenvalue weighted by molar-refractivity contribution is 8.61. The summed E-state index contributed by atoms with van der Waals surface area (Å²) in [7, 11) is 6.67. The molecule has 2 heterocycles. The van der Waals surface area contributed by atoms with Crippen LogP contribution in [-0.2, 0) is 4.79 Å². The molecule has 7 atom stereocenters. The van der Waals surface area contributed by atoms with Gasteiger partial charge in [-0.25, -0.2) is 0 Å². The fourth-order valence-electron chi connectivity index (χ4n) is 2.87. The van der Waals surface area contributed by atoms with Crippen molar-refractivity contribution in [3.8, 4) is 0 Å². The van der Waals surface area contributed by atoms with E-state index >= 15 is 0 Å². The van der Waals surface area contributed by atoms with Crippen LogP contribution in [0.2, 0.25) is 0 Å². The van der Waals surface area contributed by atoms with Crippen LogP contribution in [0.5, 0.6) is 0 Å². The van der Waals surface area contributed by atoms with Crippen molar-refractivity contribution in [2.24, 2.45) is 5.92 Å². The SMILES string of the molecule is C[C@H]1CC2CCCC(=O)N2[C@H]1P(P)PP. The molecular weight excluding hydrogens is 262 g/mol. The fourth-order valence-corrected chi connectivity index (χ4v) is 8.56. The minimum Gasteiger partial charge on any atom is -0.332 e. The van der Waals surface area contributed by atoms with Gasteiger partial charge in [0.05, 0.1) is 5.78 Å². The third-order valence-corrected chi connectivity index (χ3v) is 14.4. The molecule has 2 saturated heterocycles. The van der Waals surface area contributed by atoms with Gasteiger partial charge in [0.1, 0.15) is 0 Å². The molecule has 0 bridgehead atoms. The van der Waals surface area contributed by atoms with Crippen LogP contribution < -0.4 is 0 Å². The number of carbonyl (C=O) groups is 1. The molecule has 0 aromatic heterocycles. The number of carbonyl (C=O) groups excluding carboxylic acids is 1. The highest BCUT2D eigenvalue weighted by atomic mass is 32.6. The van der Waals surface area contributed by atoms with E-state index < -0.39 is 0 Å². The molecule has 0 spiro atoms. The first kappa shape index (κ1) is 12.6. The summed E-state index contributed by atoms with van der Waals surface area (Å²) >= 11 is 0. The molecule has 0 radical (unpaired) electrons. The van der Waals surface area contributed by atoms with Crippen molar-refractivity contribution in [3.63, 3.8) is 0 Å². The topological polar surface area (TPSA) is 20.3 Å². The van der Waals surface area contributed by atoms with E-state index in [9.17, 15) is 4.79 Å². The highest BCUT2D eigenvalue weighted by Gasteiger charge is 2.44. The van der Waals surface area contributed by atoms with E-state index in [0.717, 1.165) is 20.8 Å². The Labute approximate surface area is 99.3 Å². The van der Waals surface area contributed by atoms with E-state index in [-0.39, 0.29) is 7.30 Å². The van der Waals surface area contributed by atoms with Gasteiger partial charge in [-0.15, -0.1) is 17.9 Å². The zero-order chi connectivity index (χ0) is 11.0. The molecule has 86 valence electrons. The van der Waals surface area contributed by atoms with Gasteiger partial charge in [0.2, 0.25) is 5.91 Å². The van der Waals surface area contributed by atoms with Crippen molar-refractivity contribution in [1.82, 2.24) is 4.90 Å². The lowest BCUT2D eigenvalue weighted by Crippen LogP contribution is -2.43. The van der Waals surface area contributed by atoms with Gasteiger partial charge in [-0.2, -0.15) is 0 Å². The maximum absolute atomic E-state index is 12.0. The van der Waals surface area contributed by atoms with Gasteiger partial charge in [-0.05, 0) is 32.5 Å². The molecule has 2 aliphatic heterocycles.